The Morgan fingerprint density at radius 3 is 2.71 bits per heavy atom. The first-order valence-corrected chi connectivity index (χ1v) is 8.08. The van der Waals surface area contributed by atoms with Gasteiger partial charge in [-0.15, -0.1) is 0 Å². The van der Waals surface area contributed by atoms with Gasteiger partial charge in [-0.25, -0.2) is 4.79 Å². The van der Waals surface area contributed by atoms with Crippen LogP contribution in [0.15, 0.2) is 22.9 Å². The Morgan fingerprint density at radius 2 is 2.14 bits per heavy atom. The van der Waals surface area contributed by atoms with Crippen LogP contribution < -0.4 is 0 Å². The number of thiophene rings is 1. The summed E-state index contributed by atoms with van der Waals surface area (Å²) in [5.74, 6) is 1.06. The molecule has 0 aromatic carbocycles. The van der Waals surface area contributed by atoms with Gasteiger partial charge in [0.1, 0.15) is 5.60 Å². The summed E-state index contributed by atoms with van der Waals surface area (Å²) in [6, 6.07) is 2.18. The van der Waals surface area contributed by atoms with Crippen molar-refractivity contribution >= 4 is 23.0 Å². The van der Waals surface area contributed by atoms with Crippen LogP contribution in [0.3, 0.4) is 0 Å². The molecule has 1 saturated heterocycles. The van der Waals surface area contributed by atoms with Crippen LogP contribution in [0.5, 0.6) is 0 Å². The minimum atomic E-state index is -0.410. The molecule has 0 saturated carbocycles. The lowest BCUT2D eigenvalue weighted by atomic mass is 9.99. The molecule has 0 spiro atoms. The Morgan fingerprint density at radius 1 is 1.38 bits per heavy atom. The van der Waals surface area contributed by atoms with Gasteiger partial charge in [0.15, 0.2) is 0 Å². The number of carbonyl (C=O) groups excluding carboxylic acids is 1. The zero-order valence-corrected chi connectivity index (χ0v) is 13.1. The monoisotopic (exact) mass is 307 g/mol. The minimum absolute atomic E-state index is 0. The summed E-state index contributed by atoms with van der Waals surface area (Å²) in [5, 5.41) is 4.33. The van der Waals surface area contributed by atoms with Gasteiger partial charge in [-0.3, -0.25) is 0 Å². The smallest absolute Gasteiger partial charge is 0.410 e. The molecule has 1 aromatic heterocycles. The summed E-state index contributed by atoms with van der Waals surface area (Å²) >= 11 is 1.74. The van der Waals surface area contributed by atoms with Crippen molar-refractivity contribution in [3.05, 3.63) is 28.5 Å². The van der Waals surface area contributed by atoms with E-state index in [9.17, 15) is 4.79 Å². The molecule has 1 aromatic rings. The molecule has 2 atom stereocenters. The zero-order valence-electron chi connectivity index (χ0n) is 12.3. The van der Waals surface area contributed by atoms with Crippen molar-refractivity contribution in [1.82, 2.24) is 4.90 Å². The van der Waals surface area contributed by atoms with E-state index in [1.165, 1.54) is 11.1 Å². The van der Waals surface area contributed by atoms with Crippen LogP contribution in [-0.4, -0.2) is 29.7 Å². The van der Waals surface area contributed by atoms with Crippen molar-refractivity contribution in [2.24, 2.45) is 11.8 Å². The van der Waals surface area contributed by atoms with Crippen LogP contribution in [0.25, 0.3) is 5.57 Å². The van der Waals surface area contributed by atoms with Gasteiger partial charge in [-0.1, -0.05) is 13.5 Å². The summed E-state index contributed by atoms with van der Waals surface area (Å²) in [7, 11) is 0. The number of nitrogens with zero attached hydrogens (tertiary/aromatic N) is 1. The molecule has 116 valence electrons. The predicted molar refractivity (Wildman–Crippen MR) is 88.4 cm³/mol. The number of rotatable bonds is 1. The molecule has 1 aliphatic heterocycles. The van der Waals surface area contributed by atoms with Gasteiger partial charge in [0.05, 0.1) is 0 Å². The molecule has 3 nitrogen and oxygen atoms in total. The molecule has 2 aliphatic rings. The van der Waals surface area contributed by atoms with E-state index in [0.29, 0.717) is 11.8 Å². The quantitative estimate of drug-likeness (QED) is 0.755. The van der Waals surface area contributed by atoms with E-state index in [4.69, 9.17) is 4.74 Å². The van der Waals surface area contributed by atoms with Crippen molar-refractivity contribution in [2.75, 3.05) is 13.1 Å². The first-order valence-electron chi connectivity index (χ1n) is 7.13. The molecule has 1 aliphatic carbocycles. The largest absolute Gasteiger partial charge is 0.444 e. The van der Waals surface area contributed by atoms with Crippen molar-refractivity contribution in [2.45, 2.75) is 40.2 Å². The highest BCUT2D eigenvalue weighted by atomic mass is 32.1. The highest BCUT2D eigenvalue weighted by molar-refractivity contribution is 7.08. The van der Waals surface area contributed by atoms with Crippen molar-refractivity contribution in [1.29, 1.82) is 0 Å². The van der Waals surface area contributed by atoms with Crippen LogP contribution in [0.4, 0.5) is 4.79 Å². The standard InChI is InChI=1S/C16H21NO2S.CH4/c1-16(2,3)19-15(18)17-8-13-6-12(7-14(13)9-17)11-4-5-20-10-11;/h4-6,10,13-14H,7-9H2,1-3H3;1H4. The molecule has 0 bridgehead atoms. The first kappa shape index (κ1) is 16.1. The molecule has 3 rings (SSSR count). The maximum atomic E-state index is 12.1. The third-order valence-electron chi connectivity index (χ3n) is 3.93. The molecule has 1 amide bonds. The van der Waals surface area contributed by atoms with E-state index in [-0.39, 0.29) is 13.5 Å². The fraction of sp³-hybridized carbons (Fsp3) is 0.588. The number of fused-ring (bicyclic) bond motifs is 1. The molecular formula is C17H25NO2S. The van der Waals surface area contributed by atoms with Crippen LogP contribution in [0.1, 0.15) is 40.2 Å². The lowest BCUT2D eigenvalue weighted by Gasteiger charge is -2.24. The van der Waals surface area contributed by atoms with Crippen LogP contribution in [-0.2, 0) is 4.74 Å². The predicted octanol–water partition coefficient (Wildman–Crippen LogP) is 4.65. The van der Waals surface area contributed by atoms with Crippen LogP contribution >= 0.6 is 11.3 Å². The number of hydrogen-bond donors (Lipinski definition) is 0. The maximum Gasteiger partial charge on any atom is 0.410 e. The van der Waals surface area contributed by atoms with E-state index in [1.54, 1.807) is 11.3 Å². The fourth-order valence-electron chi connectivity index (χ4n) is 3.05. The van der Waals surface area contributed by atoms with Crippen molar-refractivity contribution in [3.63, 3.8) is 0 Å². The first-order chi connectivity index (χ1) is 9.42. The Bertz CT molecular complexity index is 527. The van der Waals surface area contributed by atoms with Crippen molar-refractivity contribution < 1.29 is 9.53 Å². The molecule has 2 unspecified atom stereocenters. The number of allylic oxidation sites excluding steroid dienone is 1. The molecule has 0 radical (unpaired) electrons. The second kappa shape index (κ2) is 5.84. The fourth-order valence-corrected chi connectivity index (χ4v) is 3.73. The topological polar surface area (TPSA) is 29.5 Å². The molecule has 1 fully saturated rings. The molecule has 21 heavy (non-hydrogen) atoms. The number of carbonyl (C=O) groups is 1. The summed E-state index contributed by atoms with van der Waals surface area (Å²) in [6.07, 6.45) is 3.27. The third kappa shape index (κ3) is 3.49. The Hall–Kier alpha value is -1.29. The van der Waals surface area contributed by atoms with Gasteiger partial charge in [0.25, 0.3) is 0 Å². The summed E-state index contributed by atoms with van der Waals surface area (Å²) in [6.45, 7) is 7.36. The van der Waals surface area contributed by atoms with Crippen LogP contribution in [0.2, 0.25) is 0 Å². The van der Waals surface area contributed by atoms with Gasteiger partial charge >= 0.3 is 6.09 Å². The zero-order chi connectivity index (χ0) is 14.3. The average molecular weight is 307 g/mol. The summed E-state index contributed by atoms with van der Waals surface area (Å²) in [5.41, 5.74) is 2.39. The van der Waals surface area contributed by atoms with Gasteiger partial charge in [0.2, 0.25) is 0 Å². The van der Waals surface area contributed by atoms with E-state index in [1.807, 2.05) is 25.7 Å². The number of likely N-dealkylation sites (tertiary alicyclic amines) is 1. The maximum absolute atomic E-state index is 12.1. The van der Waals surface area contributed by atoms with Gasteiger partial charge in [-0.2, -0.15) is 11.3 Å². The molecule has 4 heteroatoms. The molecule has 0 N–H and O–H groups in total. The van der Waals surface area contributed by atoms with Gasteiger partial charge in [0, 0.05) is 13.1 Å². The highest BCUT2D eigenvalue weighted by Crippen LogP contribution is 2.41. The summed E-state index contributed by atoms with van der Waals surface area (Å²) < 4.78 is 5.45. The van der Waals surface area contributed by atoms with E-state index in [0.717, 1.165) is 19.5 Å². The average Bonchev–Trinajstić information content (AvgIpc) is 3.01. The Kier molecular flexibility index (Phi) is 4.47. The normalized spacial score (nSPS) is 24.3. The van der Waals surface area contributed by atoms with Gasteiger partial charge < -0.3 is 9.64 Å². The number of amides is 1. The van der Waals surface area contributed by atoms with E-state index in [2.05, 4.69) is 22.9 Å². The summed E-state index contributed by atoms with van der Waals surface area (Å²) in [4.78, 5) is 13.9. The molecular weight excluding hydrogens is 282 g/mol. The Labute approximate surface area is 131 Å². The van der Waals surface area contributed by atoms with E-state index < -0.39 is 5.60 Å². The minimum Gasteiger partial charge on any atom is -0.444 e. The molecule has 2 heterocycles. The lowest BCUT2D eigenvalue weighted by molar-refractivity contribution is 0.0285. The highest BCUT2D eigenvalue weighted by Gasteiger charge is 2.39. The van der Waals surface area contributed by atoms with Crippen LogP contribution in [0, 0.1) is 11.8 Å². The van der Waals surface area contributed by atoms with E-state index >= 15 is 0 Å². The second-order valence-electron chi connectivity index (χ2n) is 6.72. The second-order valence-corrected chi connectivity index (χ2v) is 7.50. The third-order valence-corrected chi connectivity index (χ3v) is 4.62. The SMILES string of the molecule is C.CC(C)(C)OC(=O)N1CC2C=C(c3ccsc3)CC2C1. The lowest BCUT2D eigenvalue weighted by Crippen LogP contribution is -2.35. The van der Waals surface area contributed by atoms with Crippen molar-refractivity contribution in [3.8, 4) is 0 Å². The number of ether oxygens (including phenoxy) is 1. The number of hydrogen-bond acceptors (Lipinski definition) is 3. The van der Waals surface area contributed by atoms with Gasteiger partial charge in [-0.05, 0) is 67.0 Å². The Balaban J connectivity index is 0.00000161.